The van der Waals surface area contributed by atoms with Gasteiger partial charge < -0.3 is 10.6 Å². The molecule has 1 aromatic carbocycles. The maximum Gasteiger partial charge on any atom is 0.186 e. The molecule has 1 aliphatic rings. The number of benzene rings is 1. The average molecular weight is 360 g/mol. The van der Waals surface area contributed by atoms with Crippen LogP contribution in [0.15, 0.2) is 18.2 Å². The molecular formula is C16H20ClF2N3S. The fraction of sp³-hybridized carbons (Fsp3) is 0.438. The quantitative estimate of drug-likeness (QED) is 0.885. The van der Waals surface area contributed by atoms with Crippen molar-refractivity contribution >= 4 is 28.9 Å². The van der Waals surface area contributed by atoms with Crippen LogP contribution in [-0.4, -0.2) is 18.1 Å². The predicted molar refractivity (Wildman–Crippen MR) is 92.5 cm³/mol. The molecule has 0 atom stereocenters. The van der Waals surface area contributed by atoms with Crippen LogP contribution in [0.3, 0.4) is 0 Å². The van der Waals surface area contributed by atoms with Crippen molar-refractivity contribution in [3.8, 4) is 0 Å². The van der Waals surface area contributed by atoms with Gasteiger partial charge in [-0.25, -0.2) is 13.8 Å². The Bertz CT molecular complexity index is 639. The highest BCUT2D eigenvalue weighted by Gasteiger charge is 2.19. The summed E-state index contributed by atoms with van der Waals surface area (Å²) in [5, 5.41) is 0.932. The van der Waals surface area contributed by atoms with Crippen LogP contribution in [0.2, 0.25) is 0 Å². The van der Waals surface area contributed by atoms with Crippen molar-refractivity contribution in [1.29, 1.82) is 0 Å². The van der Waals surface area contributed by atoms with Gasteiger partial charge in [0.05, 0.1) is 5.69 Å². The second kappa shape index (κ2) is 8.04. The third-order valence-electron chi connectivity index (χ3n) is 3.86. The largest absolute Gasteiger partial charge is 0.342 e. The van der Waals surface area contributed by atoms with Crippen molar-refractivity contribution in [2.75, 3.05) is 18.0 Å². The molecule has 0 unspecified atom stereocenters. The summed E-state index contributed by atoms with van der Waals surface area (Å²) in [7, 11) is 0. The zero-order valence-electron chi connectivity index (χ0n) is 12.7. The van der Waals surface area contributed by atoms with Gasteiger partial charge in [-0.05, 0) is 43.4 Å². The molecule has 0 saturated heterocycles. The number of halogens is 3. The lowest BCUT2D eigenvalue weighted by Crippen LogP contribution is -2.29. The number of nitrogens with two attached hydrogens (primary N) is 1. The fourth-order valence-electron chi connectivity index (χ4n) is 2.73. The highest BCUT2D eigenvalue weighted by atomic mass is 35.5. The Kier molecular flexibility index (Phi) is 6.33. The summed E-state index contributed by atoms with van der Waals surface area (Å²) in [6.45, 7) is 1.63. The number of aryl methyl sites for hydroxylation is 2. The molecular weight excluding hydrogens is 340 g/mol. The summed E-state index contributed by atoms with van der Waals surface area (Å²) in [6.07, 6.45) is 4.53. The van der Waals surface area contributed by atoms with E-state index in [1.807, 2.05) is 0 Å². The van der Waals surface area contributed by atoms with Gasteiger partial charge in [0.2, 0.25) is 0 Å². The van der Waals surface area contributed by atoms with Gasteiger partial charge in [-0.15, -0.1) is 23.7 Å². The average Bonchev–Trinajstić information content (AvgIpc) is 2.94. The van der Waals surface area contributed by atoms with Gasteiger partial charge in [0.15, 0.2) is 16.8 Å². The number of thiazole rings is 1. The van der Waals surface area contributed by atoms with Gasteiger partial charge in [0.25, 0.3) is 0 Å². The van der Waals surface area contributed by atoms with E-state index in [0.29, 0.717) is 19.6 Å². The normalized spacial score (nSPS) is 13.3. The third-order valence-corrected chi connectivity index (χ3v) is 5.08. The van der Waals surface area contributed by atoms with Gasteiger partial charge in [0.1, 0.15) is 0 Å². The minimum atomic E-state index is -0.821. The van der Waals surface area contributed by atoms with E-state index in [2.05, 4.69) is 4.90 Å². The Labute approximate surface area is 144 Å². The van der Waals surface area contributed by atoms with Crippen LogP contribution in [0.5, 0.6) is 0 Å². The van der Waals surface area contributed by atoms with Gasteiger partial charge in [-0.3, -0.25) is 0 Å². The molecule has 0 saturated carbocycles. The van der Waals surface area contributed by atoms with Crippen molar-refractivity contribution in [1.82, 2.24) is 4.98 Å². The second-order valence-corrected chi connectivity index (χ2v) is 6.59. The lowest BCUT2D eigenvalue weighted by Gasteiger charge is -2.21. The number of hydrogen-bond donors (Lipinski definition) is 1. The van der Waals surface area contributed by atoms with E-state index >= 15 is 0 Å². The van der Waals surface area contributed by atoms with Crippen LogP contribution < -0.4 is 10.6 Å². The molecule has 0 radical (unpaired) electrons. The Morgan fingerprint density at radius 2 is 1.96 bits per heavy atom. The summed E-state index contributed by atoms with van der Waals surface area (Å²) in [5.74, 6) is -1.64. The summed E-state index contributed by atoms with van der Waals surface area (Å²) >= 11 is 1.70. The summed E-state index contributed by atoms with van der Waals surface area (Å²) in [5.41, 5.74) is 7.61. The molecule has 0 spiro atoms. The molecule has 1 aliphatic carbocycles. The molecule has 2 aromatic rings. The standard InChI is InChI=1S/C16H19F2N3S.ClH/c17-12-6-5-11(9-13(12)18)10-21(8-7-19)16-20-14-3-1-2-4-15(14)22-16;/h5-6,9H,1-4,7-8,10,19H2;1H. The van der Waals surface area contributed by atoms with Crippen LogP contribution in [0.4, 0.5) is 13.9 Å². The molecule has 23 heavy (non-hydrogen) atoms. The molecule has 1 aromatic heterocycles. The van der Waals surface area contributed by atoms with E-state index in [-0.39, 0.29) is 12.4 Å². The molecule has 3 nitrogen and oxygen atoms in total. The zero-order chi connectivity index (χ0) is 15.5. The van der Waals surface area contributed by atoms with Crippen LogP contribution in [-0.2, 0) is 19.4 Å². The fourth-order valence-corrected chi connectivity index (χ4v) is 3.90. The maximum absolute atomic E-state index is 13.4. The third kappa shape index (κ3) is 4.19. The maximum atomic E-state index is 13.4. The highest BCUT2D eigenvalue weighted by molar-refractivity contribution is 7.15. The van der Waals surface area contributed by atoms with Crippen LogP contribution >= 0.6 is 23.7 Å². The first-order chi connectivity index (χ1) is 10.7. The molecule has 126 valence electrons. The Morgan fingerprint density at radius 1 is 1.17 bits per heavy atom. The van der Waals surface area contributed by atoms with Gasteiger partial charge in [0, 0.05) is 24.5 Å². The summed E-state index contributed by atoms with van der Waals surface area (Å²) in [4.78, 5) is 8.13. The monoisotopic (exact) mass is 359 g/mol. The topological polar surface area (TPSA) is 42.1 Å². The van der Waals surface area contributed by atoms with Crippen molar-refractivity contribution in [2.45, 2.75) is 32.2 Å². The van der Waals surface area contributed by atoms with E-state index in [0.717, 1.165) is 29.6 Å². The first-order valence-electron chi connectivity index (χ1n) is 7.55. The van der Waals surface area contributed by atoms with Crippen LogP contribution in [0.1, 0.15) is 29.0 Å². The Hall–Kier alpha value is -1.24. The lowest BCUT2D eigenvalue weighted by molar-refractivity contribution is 0.507. The summed E-state index contributed by atoms with van der Waals surface area (Å²) in [6, 6.07) is 4.01. The van der Waals surface area contributed by atoms with E-state index < -0.39 is 11.6 Å². The van der Waals surface area contributed by atoms with Gasteiger partial charge in [-0.2, -0.15) is 0 Å². The van der Waals surface area contributed by atoms with Gasteiger partial charge >= 0.3 is 0 Å². The van der Waals surface area contributed by atoms with Crippen molar-refractivity contribution in [2.24, 2.45) is 5.73 Å². The van der Waals surface area contributed by atoms with E-state index in [9.17, 15) is 8.78 Å². The molecule has 0 fully saturated rings. The van der Waals surface area contributed by atoms with Crippen LogP contribution in [0.25, 0.3) is 0 Å². The number of hydrogen-bond acceptors (Lipinski definition) is 4. The van der Waals surface area contributed by atoms with Crippen LogP contribution in [0, 0.1) is 11.6 Å². The van der Waals surface area contributed by atoms with Crippen molar-refractivity contribution in [3.63, 3.8) is 0 Å². The molecule has 1 heterocycles. The minimum Gasteiger partial charge on any atom is -0.342 e. The first kappa shape index (κ1) is 18.1. The smallest absolute Gasteiger partial charge is 0.186 e. The second-order valence-electron chi connectivity index (χ2n) is 5.53. The molecule has 0 amide bonds. The molecule has 0 bridgehead atoms. The Morgan fingerprint density at radius 3 is 2.65 bits per heavy atom. The molecule has 3 rings (SSSR count). The van der Waals surface area contributed by atoms with E-state index in [1.54, 1.807) is 17.4 Å². The van der Waals surface area contributed by atoms with Gasteiger partial charge in [-0.1, -0.05) is 6.07 Å². The zero-order valence-corrected chi connectivity index (χ0v) is 14.4. The highest BCUT2D eigenvalue weighted by Crippen LogP contribution is 2.32. The summed E-state index contributed by atoms with van der Waals surface area (Å²) < 4.78 is 26.4. The molecule has 7 heteroatoms. The van der Waals surface area contributed by atoms with Crippen molar-refractivity contribution in [3.05, 3.63) is 46.0 Å². The number of aromatic nitrogens is 1. The number of fused-ring (bicyclic) bond motifs is 1. The van der Waals surface area contributed by atoms with E-state index in [4.69, 9.17) is 10.7 Å². The predicted octanol–water partition coefficient (Wildman–Crippen LogP) is 3.69. The first-order valence-corrected chi connectivity index (χ1v) is 8.36. The molecule has 2 N–H and O–H groups in total. The van der Waals surface area contributed by atoms with E-state index in [1.165, 1.54) is 29.5 Å². The lowest BCUT2D eigenvalue weighted by atomic mass is 10.0. The number of rotatable bonds is 5. The van der Waals surface area contributed by atoms with Crippen molar-refractivity contribution < 1.29 is 8.78 Å². The molecule has 0 aliphatic heterocycles. The number of anilines is 1. The minimum absolute atomic E-state index is 0. The number of nitrogens with zero attached hydrogens (tertiary/aromatic N) is 2. The SMILES string of the molecule is Cl.NCCN(Cc1ccc(F)c(F)c1)c1nc2c(s1)CCCC2. The Balaban J connectivity index is 0.00000192.